The van der Waals surface area contributed by atoms with Gasteiger partial charge in [0.15, 0.2) is 6.10 Å². The summed E-state index contributed by atoms with van der Waals surface area (Å²) < 4.78 is 34.0. The number of quaternary nitrogens is 1. The highest BCUT2D eigenvalue weighted by atomic mass is 31.2. The van der Waals surface area contributed by atoms with Crippen LogP contribution in [0.25, 0.3) is 0 Å². The summed E-state index contributed by atoms with van der Waals surface area (Å²) in [4.78, 5) is 37.6. The van der Waals surface area contributed by atoms with E-state index in [1.165, 1.54) is 180 Å². The molecule has 9 nitrogen and oxygen atoms in total. The Labute approximate surface area is 359 Å². The van der Waals surface area contributed by atoms with Gasteiger partial charge in [0.2, 0.25) is 0 Å². The SMILES string of the molecule is CCCCCCCCCCCCCCCCCCCCCCC(=O)O[C@H](COC(=O)CCCCCCCCCCCCCCCC)COP(=O)([O-])OCC[N+](C)(C)C. The van der Waals surface area contributed by atoms with Crippen LogP contribution in [0.15, 0.2) is 0 Å². The molecule has 1 unspecified atom stereocenters. The highest BCUT2D eigenvalue weighted by Crippen LogP contribution is 2.38. The number of esters is 2. The molecule has 0 aliphatic carbocycles. The number of rotatable bonds is 46. The number of hydrogen-bond donors (Lipinski definition) is 0. The molecular weight excluding hydrogens is 750 g/mol. The number of unbranched alkanes of at least 4 members (excludes halogenated alkanes) is 32. The van der Waals surface area contributed by atoms with Crippen molar-refractivity contribution in [2.75, 3.05) is 47.5 Å². The normalized spacial score (nSPS) is 13.4. The number of hydrogen-bond acceptors (Lipinski definition) is 8. The first-order chi connectivity index (χ1) is 28.0. The van der Waals surface area contributed by atoms with Crippen molar-refractivity contribution in [2.24, 2.45) is 0 Å². The zero-order valence-corrected chi connectivity index (χ0v) is 39.9. The minimum absolute atomic E-state index is 0.0254. The van der Waals surface area contributed by atoms with Crippen LogP contribution in [0, 0.1) is 0 Å². The van der Waals surface area contributed by atoms with Gasteiger partial charge in [-0.15, -0.1) is 0 Å². The van der Waals surface area contributed by atoms with E-state index in [9.17, 15) is 19.0 Å². The lowest BCUT2D eigenvalue weighted by Crippen LogP contribution is -2.37. The number of phosphoric ester groups is 1. The maximum absolute atomic E-state index is 12.7. The molecule has 0 fully saturated rings. The lowest BCUT2D eigenvalue weighted by molar-refractivity contribution is -0.870. The van der Waals surface area contributed by atoms with Crippen LogP contribution in [0.5, 0.6) is 0 Å². The Morgan fingerprint density at radius 3 is 1.10 bits per heavy atom. The van der Waals surface area contributed by atoms with Gasteiger partial charge in [0.25, 0.3) is 7.82 Å². The summed E-state index contributed by atoms with van der Waals surface area (Å²) in [5, 5.41) is 0. The molecule has 0 radical (unpaired) electrons. The molecule has 0 saturated heterocycles. The van der Waals surface area contributed by atoms with Crippen LogP contribution in [0.4, 0.5) is 0 Å². The summed E-state index contributed by atoms with van der Waals surface area (Å²) in [6, 6.07) is 0. The molecule has 0 bridgehead atoms. The second-order valence-corrected chi connectivity index (χ2v) is 19.6. The van der Waals surface area contributed by atoms with Crippen molar-refractivity contribution in [3.8, 4) is 0 Å². The van der Waals surface area contributed by atoms with Gasteiger partial charge in [0, 0.05) is 12.8 Å². The third-order valence-electron chi connectivity index (χ3n) is 11.1. The van der Waals surface area contributed by atoms with Crippen LogP contribution in [0.3, 0.4) is 0 Å². The third kappa shape index (κ3) is 44.6. The molecule has 0 aromatic carbocycles. The van der Waals surface area contributed by atoms with Crippen molar-refractivity contribution in [3.63, 3.8) is 0 Å². The van der Waals surface area contributed by atoms with Crippen molar-refractivity contribution < 1.29 is 42.1 Å². The maximum Gasteiger partial charge on any atom is 0.306 e. The molecular formula is C48H96NO8P. The van der Waals surface area contributed by atoms with E-state index in [1.54, 1.807) is 0 Å². The molecule has 0 N–H and O–H groups in total. The van der Waals surface area contributed by atoms with Crippen LogP contribution in [0.2, 0.25) is 0 Å². The first-order valence-electron chi connectivity index (χ1n) is 24.7. The third-order valence-corrected chi connectivity index (χ3v) is 12.1. The Morgan fingerprint density at radius 2 is 0.776 bits per heavy atom. The van der Waals surface area contributed by atoms with Crippen LogP contribution >= 0.6 is 7.82 Å². The van der Waals surface area contributed by atoms with Crippen molar-refractivity contribution in [3.05, 3.63) is 0 Å². The fraction of sp³-hybridized carbons (Fsp3) is 0.958. The molecule has 0 spiro atoms. The van der Waals surface area contributed by atoms with E-state index < -0.39 is 26.5 Å². The number of ether oxygens (including phenoxy) is 2. The molecule has 0 heterocycles. The summed E-state index contributed by atoms with van der Waals surface area (Å²) in [5.74, 6) is -0.815. The molecule has 0 saturated carbocycles. The van der Waals surface area contributed by atoms with E-state index in [4.69, 9.17) is 18.5 Å². The summed E-state index contributed by atoms with van der Waals surface area (Å²) in [6.07, 6.45) is 42.7. The topological polar surface area (TPSA) is 111 Å². The lowest BCUT2D eigenvalue weighted by atomic mass is 10.0. The van der Waals surface area contributed by atoms with Crippen LogP contribution in [-0.4, -0.2) is 70.0 Å². The van der Waals surface area contributed by atoms with E-state index in [2.05, 4.69) is 13.8 Å². The zero-order valence-electron chi connectivity index (χ0n) is 39.0. The van der Waals surface area contributed by atoms with Gasteiger partial charge in [0.05, 0.1) is 27.7 Å². The van der Waals surface area contributed by atoms with Gasteiger partial charge in [0.1, 0.15) is 19.8 Å². The van der Waals surface area contributed by atoms with E-state index in [-0.39, 0.29) is 32.0 Å². The molecule has 0 aliphatic rings. The number of carbonyl (C=O) groups excluding carboxylic acids is 2. The maximum atomic E-state index is 12.7. The second kappa shape index (κ2) is 41.4. The van der Waals surface area contributed by atoms with E-state index in [0.29, 0.717) is 17.4 Å². The predicted molar refractivity (Wildman–Crippen MR) is 241 cm³/mol. The number of carbonyl (C=O) groups is 2. The Balaban J connectivity index is 4.21. The van der Waals surface area contributed by atoms with Gasteiger partial charge in [-0.1, -0.05) is 219 Å². The first kappa shape index (κ1) is 57.0. The Bertz CT molecular complexity index is 958. The quantitative estimate of drug-likeness (QED) is 0.0258. The standard InChI is InChI=1S/C48H96NO8P/c1-6-8-10-12-14-16-18-20-22-23-24-25-26-27-29-31-33-35-37-39-41-48(51)57-46(45-56-58(52,53)55-43-42-49(3,4)5)44-54-47(50)40-38-36-34-32-30-28-21-19-17-15-13-11-9-7-2/h46H,6-45H2,1-5H3/t46-/m1/s1. The minimum atomic E-state index is -4.62. The fourth-order valence-corrected chi connectivity index (χ4v) is 7.97. The second-order valence-electron chi connectivity index (χ2n) is 18.2. The monoisotopic (exact) mass is 846 g/mol. The van der Waals surface area contributed by atoms with Gasteiger partial charge in [-0.25, -0.2) is 0 Å². The minimum Gasteiger partial charge on any atom is -0.756 e. The Hall–Kier alpha value is -0.990. The average Bonchev–Trinajstić information content (AvgIpc) is 3.17. The molecule has 0 amide bonds. The fourth-order valence-electron chi connectivity index (χ4n) is 7.25. The van der Waals surface area contributed by atoms with Gasteiger partial charge >= 0.3 is 11.9 Å². The number of phosphoric acid groups is 1. The van der Waals surface area contributed by atoms with E-state index in [0.717, 1.165) is 32.1 Å². The average molecular weight is 846 g/mol. The van der Waals surface area contributed by atoms with Gasteiger partial charge in [-0.3, -0.25) is 14.2 Å². The first-order valence-corrected chi connectivity index (χ1v) is 26.2. The van der Waals surface area contributed by atoms with Crippen LogP contribution in [-0.2, 0) is 32.7 Å². The van der Waals surface area contributed by atoms with Gasteiger partial charge < -0.3 is 27.9 Å². The molecule has 0 aliphatic heterocycles. The van der Waals surface area contributed by atoms with E-state index >= 15 is 0 Å². The van der Waals surface area contributed by atoms with Crippen molar-refractivity contribution in [1.29, 1.82) is 0 Å². The molecule has 10 heteroatoms. The van der Waals surface area contributed by atoms with Crippen molar-refractivity contribution in [2.45, 2.75) is 251 Å². The van der Waals surface area contributed by atoms with Crippen LogP contribution in [0.1, 0.15) is 245 Å². The summed E-state index contributed by atoms with van der Waals surface area (Å²) in [5.41, 5.74) is 0. The summed E-state index contributed by atoms with van der Waals surface area (Å²) in [6.45, 7) is 4.28. The smallest absolute Gasteiger partial charge is 0.306 e. The molecule has 346 valence electrons. The van der Waals surface area contributed by atoms with Crippen molar-refractivity contribution in [1.82, 2.24) is 0 Å². The van der Waals surface area contributed by atoms with Gasteiger partial charge in [-0.2, -0.15) is 0 Å². The molecule has 0 aromatic rings. The zero-order chi connectivity index (χ0) is 42.8. The van der Waals surface area contributed by atoms with Crippen molar-refractivity contribution >= 4 is 19.8 Å². The largest absolute Gasteiger partial charge is 0.756 e. The molecule has 2 atom stereocenters. The Kier molecular flexibility index (Phi) is 40.7. The molecule has 0 aromatic heterocycles. The van der Waals surface area contributed by atoms with Crippen LogP contribution < -0.4 is 4.89 Å². The summed E-state index contributed by atoms with van der Waals surface area (Å²) in [7, 11) is 1.18. The lowest BCUT2D eigenvalue weighted by Gasteiger charge is -2.28. The van der Waals surface area contributed by atoms with Gasteiger partial charge in [-0.05, 0) is 12.8 Å². The number of nitrogens with zero attached hydrogens (tertiary/aromatic N) is 1. The Morgan fingerprint density at radius 1 is 0.466 bits per heavy atom. The molecule has 0 rings (SSSR count). The number of likely N-dealkylation sites (N-methyl/N-ethyl adjacent to an activating group) is 1. The molecule has 58 heavy (non-hydrogen) atoms. The predicted octanol–water partition coefficient (Wildman–Crippen LogP) is 13.7. The highest BCUT2D eigenvalue weighted by Gasteiger charge is 2.21. The van der Waals surface area contributed by atoms with E-state index in [1.807, 2.05) is 21.1 Å². The summed E-state index contributed by atoms with van der Waals surface area (Å²) >= 11 is 0. The highest BCUT2D eigenvalue weighted by molar-refractivity contribution is 7.45.